The Hall–Kier alpha value is -3.51. The summed E-state index contributed by atoms with van der Waals surface area (Å²) in [6.45, 7) is 3.16. The smallest absolute Gasteiger partial charge is 0.257 e. The van der Waals surface area contributed by atoms with Crippen LogP contribution in [-0.4, -0.2) is 39.5 Å². The van der Waals surface area contributed by atoms with Crippen molar-refractivity contribution in [3.63, 3.8) is 0 Å². The van der Waals surface area contributed by atoms with Crippen molar-refractivity contribution in [3.05, 3.63) is 95.0 Å². The van der Waals surface area contributed by atoms with Crippen molar-refractivity contribution >= 4 is 23.0 Å². The van der Waals surface area contributed by atoms with E-state index in [1.807, 2.05) is 90.1 Å². The summed E-state index contributed by atoms with van der Waals surface area (Å²) in [5.74, 6) is 0.112. The molecule has 0 atom stereocenters. The molecule has 5 rings (SSSR count). The molecule has 1 fully saturated rings. The molecule has 2 aromatic carbocycles. The first kappa shape index (κ1) is 21.3. The molecule has 1 aliphatic heterocycles. The van der Waals surface area contributed by atoms with Crippen molar-refractivity contribution in [2.24, 2.45) is 5.92 Å². The third-order valence-corrected chi connectivity index (χ3v) is 7.09. The number of rotatable bonds is 5. The Morgan fingerprint density at radius 1 is 0.939 bits per heavy atom. The summed E-state index contributed by atoms with van der Waals surface area (Å²) in [5, 5.41) is 6.75. The molecule has 0 bridgehead atoms. The number of aryl methyl sites for hydroxylation is 1. The number of hydrogen-bond donors (Lipinski definition) is 0. The molecule has 0 spiro atoms. The van der Waals surface area contributed by atoms with Gasteiger partial charge in [-0.2, -0.15) is 5.10 Å². The van der Waals surface area contributed by atoms with E-state index in [0.29, 0.717) is 37.2 Å². The summed E-state index contributed by atoms with van der Waals surface area (Å²) in [4.78, 5) is 29.3. The van der Waals surface area contributed by atoms with Crippen LogP contribution in [0.5, 0.6) is 0 Å². The summed E-state index contributed by atoms with van der Waals surface area (Å²) in [6.07, 6.45) is 3.19. The van der Waals surface area contributed by atoms with E-state index in [9.17, 15) is 9.59 Å². The summed E-state index contributed by atoms with van der Waals surface area (Å²) in [6, 6.07) is 21.5. The van der Waals surface area contributed by atoms with Gasteiger partial charge in [-0.05, 0) is 43.3 Å². The normalized spacial score (nSPS) is 14.4. The minimum Gasteiger partial charge on any atom is -0.338 e. The van der Waals surface area contributed by atoms with Gasteiger partial charge in [0.15, 0.2) is 5.78 Å². The molecule has 4 aromatic rings. The maximum absolute atomic E-state index is 13.5. The number of piperidine rings is 1. The summed E-state index contributed by atoms with van der Waals surface area (Å²) >= 11 is 1.57. The monoisotopic (exact) mass is 455 g/mol. The van der Waals surface area contributed by atoms with Crippen LogP contribution in [0.15, 0.2) is 78.3 Å². The average Bonchev–Trinajstić information content (AvgIpc) is 3.55. The fourth-order valence-corrected chi connectivity index (χ4v) is 5.03. The molecule has 1 saturated heterocycles. The lowest BCUT2D eigenvalue weighted by atomic mass is 9.88. The van der Waals surface area contributed by atoms with E-state index in [2.05, 4.69) is 0 Å². The number of amides is 1. The highest BCUT2D eigenvalue weighted by Gasteiger charge is 2.30. The van der Waals surface area contributed by atoms with E-state index in [4.69, 9.17) is 5.10 Å². The van der Waals surface area contributed by atoms with E-state index in [-0.39, 0.29) is 17.6 Å². The Bertz CT molecular complexity index is 1250. The van der Waals surface area contributed by atoms with Crippen LogP contribution in [0.4, 0.5) is 0 Å². The second-order valence-electron chi connectivity index (χ2n) is 8.45. The summed E-state index contributed by atoms with van der Waals surface area (Å²) < 4.78 is 1.77. The second kappa shape index (κ2) is 9.16. The van der Waals surface area contributed by atoms with Crippen LogP contribution in [0.25, 0.3) is 16.3 Å². The van der Waals surface area contributed by atoms with Crippen LogP contribution >= 0.6 is 11.3 Å². The van der Waals surface area contributed by atoms with Gasteiger partial charge in [0, 0.05) is 30.8 Å². The Morgan fingerprint density at radius 2 is 1.67 bits per heavy atom. The lowest BCUT2D eigenvalue weighted by Gasteiger charge is -2.31. The third kappa shape index (κ3) is 4.39. The standard InChI is InChI=1S/C27H25N3O2S/c1-19-9-11-20(12-10-19)26(31)21-13-15-29(16-14-21)27(32)23-18-30(22-6-3-2-4-7-22)28-25(23)24-8-5-17-33-24/h2-12,17-18,21H,13-16H2,1H3. The lowest BCUT2D eigenvalue weighted by molar-refractivity contribution is 0.0651. The third-order valence-electron chi connectivity index (χ3n) is 6.21. The SMILES string of the molecule is Cc1ccc(C(=O)C2CCN(C(=O)c3cn(-c4ccccc4)nc3-c3cccs3)CC2)cc1. The fourth-order valence-electron chi connectivity index (χ4n) is 4.31. The maximum Gasteiger partial charge on any atom is 0.257 e. The van der Waals surface area contributed by atoms with Crippen LogP contribution in [0.3, 0.4) is 0 Å². The summed E-state index contributed by atoms with van der Waals surface area (Å²) in [5.41, 5.74) is 4.12. The van der Waals surface area contributed by atoms with Gasteiger partial charge in [-0.25, -0.2) is 4.68 Å². The molecule has 0 radical (unpaired) electrons. The van der Waals surface area contributed by atoms with Gasteiger partial charge < -0.3 is 4.90 Å². The zero-order valence-electron chi connectivity index (χ0n) is 18.5. The van der Waals surface area contributed by atoms with Crippen LogP contribution in [-0.2, 0) is 0 Å². The molecule has 6 heteroatoms. The van der Waals surface area contributed by atoms with Crippen molar-refractivity contribution in [2.45, 2.75) is 19.8 Å². The molecule has 2 aromatic heterocycles. The van der Waals surface area contributed by atoms with E-state index >= 15 is 0 Å². The van der Waals surface area contributed by atoms with Crippen molar-refractivity contribution in [3.8, 4) is 16.3 Å². The number of likely N-dealkylation sites (tertiary alicyclic amines) is 1. The Balaban J connectivity index is 1.35. The number of para-hydroxylation sites is 1. The molecular formula is C27H25N3O2S. The van der Waals surface area contributed by atoms with Gasteiger partial charge in [0.05, 0.1) is 16.1 Å². The van der Waals surface area contributed by atoms with Crippen LogP contribution < -0.4 is 0 Å². The van der Waals surface area contributed by atoms with Crippen LogP contribution in [0.1, 0.15) is 39.1 Å². The Labute approximate surface area is 197 Å². The molecule has 1 amide bonds. The minimum atomic E-state index is -0.0411. The first-order valence-corrected chi connectivity index (χ1v) is 12.1. The van der Waals surface area contributed by atoms with Gasteiger partial charge in [-0.1, -0.05) is 54.1 Å². The number of hydrogen-bond acceptors (Lipinski definition) is 4. The number of benzene rings is 2. The molecular weight excluding hydrogens is 430 g/mol. The molecule has 0 N–H and O–H groups in total. The van der Waals surface area contributed by atoms with Crippen LogP contribution in [0.2, 0.25) is 0 Å². The maximum atomic E-state index is 13.5. The zero-order chi connectivity index (χ0) is 22.8. The van der Waals surface area contributed by atoms with Crippen molar-refractivity contribution in [1.82, 2.24) is 14.7 Å². The minimum absolute atomic E-state index is 0.0261. The zero-order valence-corrected chi connectivity index (χ0v) is 19.3. The molecule has 33 heavy (non-hydrogen) atoms. The molecule has 0 saturated carbocycles. The number of aromatic nitrogens is 2. The number of carbonyl (C=O) groups is 2. The van der Waals surface area contributed by atoms with Crippen molar-refractivity contribution < 1.29 is 9.59 Å². The predicted molar refractivity (Wildman–Crippen MR) is 131 cm³/mol. The Kier molecular flexibility index (Phi) is 5.92. The number of thiophene rings is 1. The van der Waals surface area contributed by atoms with Gasteiger partial charge in [-0.3, -0.25) is 9.59 Å². The number of Topliss-reactive ketones (excluding diaryl/α,β-unsaturated/α-hetero) is 1. The topological polar surface area (TPSA) is 55.2 Å². The average molecular weight is 456 g/mol. The molecule has 0 aliphatic carbocycles. The largest absolute Gasteiger partial charge is 0.338 e. The van der Waals surface area contributed by atoms with Gasteiger partial charge >= 0.3 is 0 Å². The predicted octanol–water partition coefficient (Wildman–Crippen LogP) is 5.64. The summed E-state index contributed by atoms with van der Waals surface area (Å²) in [7, 11) is 0. The number of nitrogens with zero attached hydrogens (tertiary/aromatic N) is 3. The highest BCUT2D eigenvalue weighted by atomic mass is 32.1. The Morgan fingerprint density at radius 3 is 2.33 bits per heavy atom. The van der Waals surface area contributed by atoms with E-state index < -0.39 is 0 Å². The van der Waals surface area contributed by atoms with E-state index in [0.717, 1.165) is 21.7 Å². The van der Waals surface area contributed by atoms with Gasteiger partial charge in [-0.15, -0.1) is 11.3 Å². The lowest BCUT2D eigenvalue weighted by Crippen LogP contribution is -2.40. The van der Waals surface area contributed by atoms with Crippen molar-refractivity contribution in [2.75, 3.05) is 13.1 Å². The van der Waals surface area contributed by atoms with Crippen LogP contribution in [0, 0.1) is 12.8 Å². The highest BCUT2D eigenvalue weighted by molar-refractivity contribution is 7.13. The van der Waals surface area contributed by atoms with Gasteiger partial charge in [0.2, 0.25) is 0 Å². The van der Waals surface area contributed by atoms with E-state index in [1.165, 1.54) is 0 Å². The van der Waals surface area contributed by atoms with Gasteiger partial charge in [0.25, 0.3) is 5.91 Å². The molecule has 166 valence electrons. The molecule has 1 aliphatic rings. The number of ketones is 1. The molecule has 0 unspecified atom stereocenters. The number of carbonyl (C=O) groups excluding carboxylic acids is 2. The fraction of sp³-hybridized carbons (Fsp3) is 0.222. The quantitative estimate of drug-likeness (QED) is 0.366. The first-order valence-electron chi connectivity index (χ1n) is 11.2. The molecule has 5 nitrogen and oxygen atoms in total. The van der Waals surface area contributed by atoms with Crippen molar-refractivity contribution in [1.29, 1.82) is 0 Å². The highest BCUT2D eigenvalue weighted by Crippen LogP contribution is 2.30. The van der Waals surface area contributed by atoms with E-state index in [1.54, 1.807) is 16.0 Å². The second-order valence-corrected chi connectivity index (χ2v) is 9.39. The molecule has 3 heterocycles. The van der Waals surface area contributed by atoms with Gasteiger partial charge in [0.1, 0.15) is 5.69 Å². The first-order chi connectivity index (χ1) is 16.1.